The van der Waals surface area contributed by atoms with Crippen molar-refractivity contribution in [1.29, 1.82) is 0 Å². The summed E-state index contributed by atoms with van der Waals surface area (Å²) >= 11 is 0. The monoisotopic (exact) mass is 276 g/mol. The summed E-state index contributed by atoms with van der Waals surface area (Å²) in [4.78, 5) is 11.8. The Morgan fingerprint density at radius 1 is 0.900 bits per heavy atom. The van der Waals surface area contributed by atoms with E-state index in [0.717, 1.165) is 12.8 Å². The second-order valence-electron chi connectivity index (χ2n) is 5.44. The molecular formula is C18H28O2. The zero-order chi connectivity index (χ0) is 14.8. The minimum Gasteiger partial charge on any atom is -0.465 e. The molecule has 112 valence electrons. The van der Waals surface area contributed by atoms with E-state index in [2.05, 4.69) is 19.9 Å². The predicted molar refractivity (Wildman–Crippen MR) is 84.2 cm³/mol. The maximum absolute atomic E-state index is 11.8. The lowest BCUT2D eigenvalue weighted by Gasteiger charge is -2.09. The van der Waals surface area contributed by atoms with Gasteiger partial charge in [-0.15, -0.1) is 0 Å². The molecule has 20 heavy (non-hydrogen) atoms. The van der Waals surface area contributed by atoms with Gasteiger partial charge in [-0.05, 0) is 48.9 Å². The molecule has 2 heteroatoms. The molecule has 2 nitrogen and oxygen atoms in total. The normalized spacial score (nSPS) is 10.6. The van der Waals surface area contributed by atoms with Crippen molar-refractivity contribution in [2.75, 3.05) is 7.11 Å². The third-order valence-electron chi connectivity index (χ3n) is 3.61. The molecule has 0 saturated carbocycles. The Hall–Kier alpha value is -1.31. The van der Waals surface area contributed by atoms with E-state index in [9.17, 15) is 4.79 Å². The number of carbonyl (C=O) groups is 1. The first-order valence-corrected chi connectivity index (χ1v) is 7.92. The quantitative estimate of drug-likeness (QED) is 0.472. The minimum atomic E-state index is -0.223. The van der Waals surface area contributed by atoms with Gasteiger partial charge < -0.3 is 4.74 Å². The lowest BCUT2D eigenvalue weighted by molar-refractivity contribution is 0.0600. The summed E-state index contributed by atoms with van der Waals surface area (Å²) in [7, 11) is 1.45. The smallest absolute Gasteiger partial charge is 0.337 e. The average Bonchev–Trinajstić information content (AvgIpc) is 2.47. The van der Waals surface area contributed by atoms with Crippen LogP contribution in [0.15, 0.2) is 18.2 Å². The Bertz CT molecular complexity index is 382. The molecule has 0 aromatic heterocycles. The van der Waals surface area contributed by atoms with Gasteiger partial charge in [0.1, 0.15) is 0 Å². The average molecular weight is 276 g/mol. The van der Waals surface area contributed by atoms with Gasteiger partial charge in [-0.1, -0.05) is 45.6 Å². The Labute approximate surface area is 123 Å². The second kappa shape index (κ2) is 9.57. The molecule has 0 aliphatic rings. The van der Waals surface area contributed by atoms with E-state index in [1.807, 2.05) is 12.1 Å². The fraction of sp³-hybridized carbons (Fsp3) is 0.611. The molecule has 0 bridgehead atoms. The van der Waals surface area contributed by atoms with Crippen molar-refractivity contribution in [3.8, 4) is 0 Å². The molecule has 1 rings (SSSR count). The topological polar surface area (TPSA) is 26.3 Å². The van der Waals surface area contributed by atoms with Crippen molar-refractivity contribution in [3.05, 3.63) is 34.9 Å². The van der Waals surface area contributed by atoms with Crippen LogP contribution in [-0.4, -0.2) is 13.1 Å². The second-order valence-corrected chi connectivity index (χ2v) is 5.44. The van der Waals surface area contributed by atoms with Crippen LogP contribution in [0.1, 0.15) is 73.9 Å². The van der Waals surface area contributed by atoms with Crippen molar-refractivity contribution in [2.24, 2.45) is 0 Å². The van der Waals surface area contributed by atoms with Gasteiger partial charge in [0.25, 0.3) is 0 Å². The number of esters is 1. The number of rotatable bonds is 9. The third kappa shape index (κ3) is 5.77. The molecule has 1 aromatic rings. The fourth-order valence-electron chi connectivity index (χ4n) is 2.45. The Morgan fingerprint density at radius 3 is 1.80 bits per heavy atom. The standard InChI is InChI=1S/C18H28O2/c1-4-6-8-10-15-12-16(11-9-7-5-2)14-17(13-15)18(19)20-3/h12-14H,4-11H2,1-3H3. The SMILES string of the molecule is CCCCCc1cc(CCCCC)cc(C(=O)OC)c1. The first-order valence-electron chi connectivity index (χ1n) is 7.92. The maximum Gasteiger partial charge on any atom is 0.337 e. The fourth-order valence-corrected chi connectivity index (χ4v) is 2.45. The first kappa shape index (κ1) is 16.7. The van der Waals surface area contributed by atoms with Crippen molar-refractivity contribution >= 4 is 5.97 Å². The molecule has 0 spiro atoms. The van der Waals surface area contributed by atoms with Gasteiger partial charge in [0.05, 0.1) is 12.7 Å². The first-order chi connectivity index (χ1) is 9.71. The number of hydrogen-bond donors (Lipinski definition) is 0. The molecule has 0 radical (unpaired) electrons. The Morgan fingerprint density at radius 2 is 1.40 bits per heavy atom. The van der Waals surface area contributed by atoms with Crippen LogP contribution in [0.25, 0.3) is 0 Å². The summed E-state index contributed by atoms with van der Waals surface area (Å²) in [5, 5.41) is 0. The van der Waals surface area contributed by atoms with Crippen molar-refractivity contribution in [1.82, 2.24) is 0 Å². The summed E-state index contributed by atoms with van der Waals surface area (Å²) < 4.78 is 4.86. The molecule has 0 amide bonds. The van der Waals surface area contributed by atoms with Gasteiger partial charge in [0.2, 0.25) is 0 Å². The number of ether oxygens (including phenoxy) is 1. The van der Waals surface area contributed by atoms with E-state index in [4.69, 9.17) is 4.74 Å². The van der Waals surface area contributed by atoms with E-state index in [1.165, 1.54) is 56.8 Å². The number of hydrogen-bond acceptors (Lipinski definition) is 2. The zero-order valence-electron chi connectivity index (χ0n) is 13.2. The van der Waals surface area contributed by atoms with Crippen LogP contribution in [0.3, 0.4) is 0 Å². The minimum absolute atomic E-state index is 0.223. The highest BCUT2D eigenvalue weighted by Gasteiger charge is 2.09. The molecule has 0 fully saturated rings. The number of aryl methyl sites for hydroxylation is 2. The molecular weight excluding hydrogens is 248 g/mol. The predicted octanol–water partition coefficient (Wildman–Crippen LogP) is 4.94. The van der Waals surface area contributed by atoms with Crippen molar-refractivity contribution < 1.29 is 9.53 Å². The highest BCUT2D eigenvalue weighted by molar-refractivity contribution is 5.89. The molecule has 0 heterocycles. The Kier molecular flexibility index (Phi) is 8.01. The summed E-state index contributed by atoms with van der Waals surface area (Å²) in [6.07, 6.45) is 9.42. The highest BCUT2D eigenvalue weighted by Crippen LogP contribution is 2.16. The third-order valence-corrected chi connectivity index (χ3v) is 3.61. The summed E-state index contributed by atoms with van der Waals surface area (Å²) in [5.41, 5.74) is 3.24. The number of carbonyl (C=O) groups excluding carboxylic acids is 1. The largest absolute Gasteiger partial charge is 0.465 e. The molecule has 0 saturated heterocycles. The van der Waals surface area contributed by atoms with Gasteiger partial charge in [0.15, 0.2) is 0 Å². The number of unbranched alkanes of at least 4 members (excludes halogenated alkanes) is 4. The number of benzene rings is 1. The summed E-state index contributed by atoms with van der Waals surface area (Å²) in [6, 6.07) is 6.24. The molecule has 0 atom stereocenters. The molecule has 1 aromatic carbocycles. The van der Waals surface area contributed by atoms with E-state index < -0.39 is 0 Å². The van der Waals surface area contributed by atoms with Crippen LogP contribution in [0, 0.1) is 0 Å². The van der Waals surface area contributed by atoms with Crippen LogP contribution in [0.5, 0.6) is 0 Å². The van der Waals surface area contributed by atoms with Gasteiger partial charge in [-0.3, -0.25) is 0 Å². The highest BCUT2D eigenvalue weighted by atomic mass is 16.5. The van der Waals surface area contributed by atoms with Crippen molar-refractivity contribution in [3.63, 3.8) is 0 Å². The summed E-state index contributed by atoms with van der Waals surface area (Å²) in [5.74, 6) is -0.223. The van der Waals surface area contributed by atoms with Crippen molar-refractivity contribution in [2.45, 2.75) is 65.2 Å². The van der Waals surface area contributed by atoms with E-state index in [1.54, 1.807) is 0 Å². The maximum atomic E-state index is 11.8. The van der Waals surface area contributed by atoms with Crippen LogP contribution in [0.2, 0.25) is 0 Å². The summed E-state index contributed by atoms with van der Waals surface area (Å²) in [6.45, 7) is 4.42. The Balaban J connectivity index is 2.80. The van der Waals surface area contributed by atoms with Crippen LogP contribution in [-0.2, 0) is 17.6 Å². The zero-order valence-corrected chi connectivity index (χ0v) is 13.2. The van der Waals surface area contributed by atoms with Gasteiger partial charge in [-0.25, -0.2) is 4.79 Å². The molecule has 0 N–H and O–H groups in total. The lowest BCUT2D eigenvalue weighted by Crippen LogP contribution is -2.04. The van der Waals surface area contributed by atoms with E-state index in [0.29, 0.717) is 5.56 Å². The van der Waals surface area contributed by atoms with Gasteiger partial charge in [0, 0.05) is 0 Å². The van der Waals surface area contributed by atoms with Gasteiger partial charge >= 0.3 is 5.97 Å². The van der Waals surface area contributed by atoms with Crippen LogP contribution < -0.4 is 0 Å². The number of methoxy groups -OCH3 is 1. The van der Waals surface area contributed by atoms with Crippen LogP contribution >= 0.6 is 0 Å². The lowest BCUT2D eigenvalue weighted by atomic mass is 9.98. The molecule has 0 unspecified atom stereocenters. The molecule has 0 aliphatic carbocycles. The molecule has 0 aliphatic heterocycles. The van der Waals surface area contributed by atoms with E-state index in [-0.39, 0.29) is 5.97 Å². The van der Waals surface area contributed by atoms with Gasteiger partial charge in [-0.2, -0.15) is 0 Å². The van der Waals surface area contributed by atoms with Crippen LogP contribution in [0.4, 0.5) is 0 Å². The van der Waals surface area contributed by atoms with E-state index >= 15 is 0 Å².